The molecule has 1 rings (SSSR count). The molecule has 0 aliphatic carbocycles. The molecule has 1 unspecified atom stereocenters. The van der Waals surface area contributed by atoms with E-state index in [2.05, 4.69) is 0 Å². The summed E-state index contributed by atoms with van der Waals surface area (Å²) in [6.07, 6.45) is 0.433. The fourth-order valence-corrected chi connectivity index (χ4v) is 1.13. The molecule has 78 valence electrons. The molecule has 0 amide bonds. The minimum absolute atomic E-state index is 0.000254. The van der Waals surface area contributed by atoms with E-state index in [4.69, 9.17) is 10.5 Å². The van der Waals surface area contributed by atoms with E-state index in [-0.39, 0.29) is 12.7 Å². The number of alkyl halides is 1. The van der Waals surface area contributed by atoms with Crippen LogP contribution in [0.3, 0.4) is 0 Å². The molecule has 0 aliphatic heterocycles. The van der Waals surface area contributed by atoms with E-state index < -0.39 is 0 Å². The molecule has 2 nitrogen and oxygen atoms in total. The van der Waals surface area contributed by atoms with Gasteiger partial charge in [0.05, 0.1) is 13.3 Å². The van der Waals surface area contributed by atoms with Crippen LogP contribution < -0.4 is 10.5 Å². The van der Waals surface area contributed by atoms with Gasteiger partial charge in [-0.3, -0.25) is 4.39 Å². The highest BCUT2D eigenvalue weighted by Crippen LogP contribution is 2.17. The molecule has 0 spiro atoms. The first-order valence-corrected chi connectivity index (χ1v) is 4.78. The van der Waals surface area contributed by atoms with Gasteiger partial charge in [0.2, 0.25) is 0 Å². The van der Waals surface area contributed by atoms with Crippen molar-refractivity contribution in [1.29, 1.82) is 0 Å². The molecule has 0 heterocycles. The zero-order chi connectivity index (χ0) is 10.4. The number of hydrogen-bond acceptors (Lipinski definition) is 2. The monoisotopic (exact) mass is 197 g/mol. The average Bonchev–Trinajstić information content (AvgIpc) is 2.19. The third-order valence-corrected chi connectivity index (χ3v) is 1.93. The van der Waals surface area contributed by atoms with Crippen LogP contribution in [0.2, 0.25) is 0 Å². The van der Waals surface area contributed by atoms with Crippen molar-refractivity contribution in [3.8, 4) is 5.75 Å². The molecule has 14 heavy (non-hydrogen) atoms. The van der Waals surface area contributed by atoms with Crippen molar-refractivity contribution >= 4 is 0 Å². The van der Waals surface area contributed by atoms with Gasteiger partial charge < -0.3 is 10.5 Å². The maximum absolute atomic E-state index is 11.8. The minimum atomic E-state index is -0.340. The van der Waals surface area contributed by atoms with Crippen LogP contribution >= 0.6 is 0 Å². The van der Waals surface area contributed by atoms with Crippen molar-refractivity contribution in [3.05, 3.63) is 29.8 Å². The van der Waals surface area contributed by atoms with E-state index in [1.807, 2.05) is 31.2 Å². The number of benzene rings is 1. The summed E-state index contributed by atoms with van der Waals surface area (Å²) in [7, 11) is 0. The van der Waals surface area contributed by atoms with Crippen LogP contribution in [-0.2, 0) is 0 Å². The lowest BCUT2D eigenvalue weighted by Crippen LogP contribution is -2.05. The Morgan fingerprint density at radius 2 is 2.29 bits per heavy atom. The Balaban J connectivity index is 2.55. The van der Waals surface area contributed by atoms with Crippen LogP contribution in [0.5, 0.6) is 5.75 Å². The van der Waals surface area contributed by atoms with Gasteiger partial charge in [0.15, 0.2) is 0 Å². The highest BCUT2D eigenvalue weighted by Gasteiger charge is 2.00. The first-order valence-electron chi connectivity index (χ1n) is 4.78. The van der Waals surface area contributed by atoms with Gasteiger partial charge in [-0.15, -0.1) is 0 Å². The number of hydrogen-bond donors (Lipinski definition) is 1. The van der Waals surface area contributed by atoms with Crippen LogP contribution in [0.25, 0.3) is 0 Å². The lowest BCUT2D eigenvalue weighted by molar-refractivity contribution is 0.289. The Morgan fingerprint density at radius 3 is 2.93 bits per heavy atom. The van der Waals surface area contributed by atoms with Crippen molar-refractivity contribution in [1.82, 2.24) is 0 Å². The molecular weight excluding hydrogens is 181 g/mol. The van der Waals surface area contributed by atoms with E-state index in [0.717, 1.165) is 11.3 Å². The summed E-state index contributed by atoms with van der Waals surface area (Å²) in [6.45, 7) is 1.99. The number of rotatable bonds is 5. The molecular formula is C11H16FNO. The van der Waals surface area contributed by atoms with E-state index in [1.165, 1.54) is 0 Å². The van der Waals surface area contributed by atoms with Gasteiger partial charge in [0.1, 0.15) is 5.75 Å². The van der Waals surface area contributed by atoms with Crippen molar-refractivity contribution in [2.75, 3.05) is 13.3 Å². The summed E-state index contributed by atoms with van der Waals surface area (Å²) in [6, 6.07) is 7.59. The predicted molar refractivity (Wildman–Crippen MR) is 55.1 cm³/mol. The lowest BCUT2D eigenvalue weighted by Gasteiger charge is -2.09. The summed E-state index contributed by atoms with van der Waals surface area (Å²) >= 11 is 0. The highest BCUT2D eigenvalue weighted by atomic mass is 19.1. The van der Waals surface area contributed by atoms with Crippen LogP contribution in [0.4, 0.5) is 4.39 Å². The maximum Gasteiger partial charge on any atom is 0.119 e. The zero-order valence-corrected chi connectivity index (χ0v) is 8.37. The van der Waals surface area contributed by atoms with Crippen molar-refractivity contribution < 1.29 is 9.13 Å². The Morgan fingerprint density at radius 1 is 1.50 bits per heavy atom. The van der Waals surface area contributed by atoms with Crippen LogP contribution in [0.1, 0.15) is 24.9 Å². The minimum Gasteiger partial charge on any atom is -0.493 e. The third-order valence-electron chi connectivity index (χ3n) is 1.93. The molecule has 1 aromatic rings. The van der Waals surface area contributed by atoms with E-state index >= 15 is 0 Å². The number of halogens is 1. The van der Waals surface area contributed by atoms with Gasteiger partial charge in [-0.2, -0.15) is 0 Å². The third kappa shape index (κ3) is 3.34. The Bertz CT molecular complexity index is 276. The molecule has 0 fully saturated rings. The normalized spacial score (nSPS) is 12.5. The summed E-state index contributed by atoms with van der Waals surface area (Å²) in [5.41, 5.74) is 6.75. The van der Waals surface area contributed by atoms with Crippen LogP contribution in [0, 0.1) is 0 Å². The fraction of sp³-hybridized carbons (Fsp3) is 0.455. The smallest absolute Gasteiger partial charge is 0.119 e. The van der Waals surface area contributed by atoms with Crippen LogP contribution in [-0.4, -0.2) is 13.3 Å². The second kappa shape index (κ2) is 5.60. The summed E-state index contributed by atoms with van der Waals surface area (Å²) in [5.74, 6) is 0.758. The SMILES string of the molecule is CC(N)c1cccc(OCCCF)c1. The van der Waals surface area contributed by atoms with Crippen molar-refractivity contribution in [2.24, 2.45) is 5.73 Å². The summed E-state index contributed by atoms with van der Waals surface area (Å²) in [5, 5.41) is 0. The molecule has 0 radical (unpaired) electrons. The molecule has 3 heteroatoms. The van der Waals surface area contributed by atoms with Gasteiger partial charge in [-0.1, -0.05) is 12.1 Å². The second-order valence-electron chi connectivity index (χ2n) is 3.25. The maximum atomic E-state index is 11.8. The van der Waals surface area contributed by atoms with E-state index in [0.29, 0.717) is 13.0 Å². The van der Waals surface area contributed by atoms with Crippen molar-refractivity contribution in [2.45, 2.75) is 19.4 Å². The standard InChI is InChI=1S/C11H16FNO/c1-9(13)10-4-2-5-11(8-10)14-7-3-6-12/h2,4-5,8-9H,3,6-7,13H2,1H3. The fourth-order valence-electron chi connectivity index (χ4n) is 1.13. The zero-order valence-electron chi connectivity index (χ0n) is 8.37. The molecule has 0 saturated carbocycles. The van der Waals surface area contributed by atoms with E-state index in [9.17, 15) is 4.39 Å². The molecule has 0 aliphatic rings. The summed E-state index contributed by atoms with van der Waals surface area (Å²) < 4.78 is 17.1. The van der Waals surface area contributed by atoms with Gasteiger partial charge in [0.25, 0.3) is 0 Å². The first kappa shape index (κ1) is 11.0. The second-order valence-corrected chi connectivity index (χ2v) is 3.25. The molecule has 0 saturated heterocycles. The van der Waals surface area contributed by atoms with Gasteiger partial charge in [-0.05, 0) is 24.6 Å². The largest absolute Gasteiger partial charge is 0.493 e. The molecule has 1 aromatic carbocycles. The average molecular weight is 197 g/mol. The topological polar surface area (TPSA) is 35.2 Å². The van der Waals surface area contributed by atoms with Crippen LogP contribution in [0.15, 0.2) is 24.3 Å². The first-order chi connectivity index (χ1) is 6.74. The van der Waals surface area contributed by atoms with Crippen molar-refractivity contribution in [3.63, 3.8) is 0 Å². The predicted octanol–water partition coefficient (Wildman–Crippen LogP) is 2.44. The number of ether oxygens (including phenoxy) is 1. The number of nitrogens with two attached hydrogens (primary N) is 1. The molecule has 2 N–H and O–H groups in total. The quantitative estimate of drug-likeness (QED) is 0.736. The lowest BCUT2D eigenvalue weighted by atomic mass is 10.1. The van der Waals surface area contributed by atoms with Gasteiger partial charge in [-0.25, -0.2) is 0 Å². The van der Waals surface area contributed by atoms with E-state index in [1.54, 1.807) is 0 Å². The molecule has 1 atom stereocenters. The van der Waals surface area contributed by atoms with Gasteiger partial charge in [0, 0.05) is 12.5 Å². The highest BCUT2D eigenvalue weighted by molar-refractivity contribution is 5.30. The van der Waals surface area contributed by atoms with Gasteiger partial charge >= 0.3 is 0 Å². The summed E-state index contributed by atoms with van der Waals surface area (Å²) in [4.78, 5) is 0. The Labute approximate surface area is 83.9 Å². The Hall–Kier alpha value is -1.09. The molecule has 0 aromatic heterocycles. The molecule has 0 bridgehead atoms. The Kier molecular flexibility index (Phi) is 4.40.